The smallest absolute Gasteiger partial charge is 0.0728 e. The number of ether oxygens (including phenoxy) is 1. The second kappa shape index (κ2) is 3.55. The number of hydrogen-bond acceptors (Lipinski definition) is 2. The lowest BCUT2D eigenvalue weighted by molar-refractivity contribution is 0.0695. The van der Waals surface area contributed by atoms with Crippen LogP contribution in [-0.4, -0.2) is 25.3 Å². The van der Waals surface area contributed by atoms with Crippen LogP contribution >= 0.6 is 0 Å². The van der Waals surface area contributed by atoms with Gasteiger partial charge >= 0.3 is 0 Å². The van der Waals surface area contributed by atoms with Crippen molar-refractivity contribution in [1.82, 2.24) is 5.32 Å². The Hall–Kier alpha value is -0.0800. The molecule has 2 atom stereocenters. The minimum absolute atomic E-state index is 0.537. The highest BCUT2D eigenvalue weighted by Crippen LogP contribution is 2.20. The molecule has 11 heavy (non-hydrogen) atoms. The van der Waals surface area contributed by atoms with Gasteiger partial charge in [-0.3, -0.25) is 0 Å². The molecule has 0 aromatic rings. The van der Waals surface area contributed by atoms with E-state index in [0.29, 0.717) is 12.1 Å². The van der Waals surface area contributed by atoms with E-state index in [4.69, 9.17) is 4.74 Å². The Labute approximate surface area is 68.3 Å². The van der Waals surface area contributed by atoms with Gasteiger partial charge in [-0.2, -0.15) is 0 Å². The summed E-state index contributed by atoms with van der Waals surface area (Å²) in [5.41, 5.74) is 0. The van der Waals surface area contributed by atoms with Crippen LogP contribution in [0.5, 0.6) is 0 Å². The average molecular weight is 155 g/mol. The van der Waals surface area contributed by atoms with Crippen molar-refractivity contribution >= 4 is 0 Å². The predicted octanol–water partition coefficient (Wildman–Crippen LogP) is 1.31. The molecule has 2 heteroatoms. The average Bonchev–Trinajstić information content (AvgIpc) is 2.58. The lowest BCUT2D eigenvalue weighted by atomic mass is 9.98. The zero-order valence-electron chi connectivity index (χ0n) is 7.01. The zero-order valence-corrected chi connectivity index (χ0v) is 7.01. The fraction of sp³-hybridized carbons (Fsp3) is 1.00. The molecule has 2 nitrogen and oxygen atoms in total. The normalized spacial score (nSPS) is 39.3. The molecule has 0 radical (unpaired) electrons. The molecule has 2 saturated heterocycles. The Morgan fingerprint density at radius 1 is 1.09 bits per heavy atom. The molecule has 0 aliphatic carbocycles. The Balaban J connectivity index is 1.82. The van der Waals surface area contributed by atoms with Crippen LogP contribution in [0.2, 0.25) is 0 Å². The topological polar surface area (TPSA) is 21.3 Å². The fourth-order valence-electron chi connectivity index (χ4n) is 2.12. The van der Waals surface area contributed by atoms with Gasteiger partial charge in [0.2, 0.25) is 0 Å². The van der Waals surface area contributed by atoms with Crippen molar-refractivity contribution in [3.8, 4) is 0 Å². The third-order valence-corrected chi connectivity index (χ3v) is 2.76. The monoisotopic (exact) mass is 155 g/mol. The van der Waals surface area contributed by atoms with Crippen molar-refractivity contribution in [3.05, 3.63) is 0 Å². The van der Waals surface area contributed by atoms with Crippen LogP contribution in [0, 0.1) is 0 Å². The van der Waals surface area contributed by atoms with Crippen LogP contribution in [0.15, 0.2) is 0 Å². The van der Waals surface area contributed by atoms with E-state index < -0.39 is 0 Å². The van der Waals surface area contributed by atoms with E-state index >= 15 is 0 Å². The first-order chi connectivity index (χ1) is 5.47. The van der Waals surface area contributed by atoms with E-state index in [1.807, 2.05) is 0 Å². The van der Waals surface area contributed by atoms with Gasteiger partial charge in [0.1, 0.15) is 0 Å². The van der Waals surface area contributed by atoms with Crippen LogP contribution in [0.4, 0.5) is 0 Å². The molecule has 2 unspecified atom stereocenters. The highest BCUT2D eigenvalue weighted by molar-refractivity contribution is 4.82. The molecule has 2 aliphatic heterocycles. The van der Waals surface area contributed by atoms with E-state index in [1.54, 1.807) is 0 Å². The molecule has 0 aromatic carbocycles. The first kappa shape index (κ1) is 7.56. The summed E-state index contributed by atoms with van der Waals surface area (Å²) in [6, 6.07) is 0.672. The molecule has 0 bridgehead atoms. The van der Waals surface area contributed by atoms with E-state index in [9.17, 15) is 0 Å². The van der Waals surface area contributed by atoms with Gasteiger partial charge < -0.3 is 10.1 Å². The van der Waals surface area contributed by atoms with Gasteiger partial charge in [-0.15, -0.1) is 0 Å². The highest BCUT2D eigenvalue weighted by Gasteiger charge is 2.26. The van der Waals surface area contributed by atoms with Gasteiger partial charge in [0, 0.05) is 12.6 Å². The van der Waals surface area contributed by atoms with Crippen LogP contribution < -0.4 is 5.32 Å². The molecule has 1 N–H and O–H groups in total. The van der Waals surface area contributed by atoms with Crippen molar-refractivity contribution in [1.29, 1.82) is 0 Å². The van der Waals surface area contributed by atoms with Crippen molar-refractivity contribution < 1.29 is 4.74 Å². The van der Waals surface area contributed by atoms with Gasteiger partial charge in [0.05, 0.1) is 6.10 Å². The summed E-state index contributed by atoms with van der Waals surface area (Å²) in [6.07, 6.45) is 7.14. The van der Waals surface area contributed by atoms with Gasteiger partial charge in [0.25, 0.3) is 0 Å². The number of piperidine rings is 1. The van der Waals surface area contributed by atoms with Gasteiger partial charge in [-0.05, 0) is 32.2 Å². The van der Waals surface area contributed by atoms with Gasteiger partial charge in [0.15, 0.2) is 0 Å². The summed E-state index contributed by atoms with van der Waals surface area (Å²) >= 11 is 0. The molecular weight excluding hydrogens is 138 g/mol. The Kier molecular flexibility index (Phi) is 2.44. The van der Waals surface area contributed by atoms with E-state index in [2.05, 4.69) is 5.32 Å². The summed E-state index contributed by atoms with van der Waals surface area (Å²) in [7, 11) is 0. The molecule has 0 spiro atoms. The van der Waals surface area contributed by atoms with Crippen LogP contribution in [0.1, 0.15) is 32.1 Å². The summed E-state index contributed by atoms with van der Waals surface area (Å²) in [5, 5.41) is 3.54. The number of rotatable bonds is 1. The number of nitrogens with one attached hydrogen (secondary N) is 1. The second-order valence-corrected chi connectivity index (χ2v) is 3.61. The largest absolute Gasteiger partial charge is 0.377 e. The maximum Gasteiger partial charge on any atom is 0.0728 e. The molecule has 2 fully saturated rings. The molecule has 2 rings (SSSR count). The van der Waals surface area contributed by atoms with Crippen molar-refractivity contribution in [2.45, 2.75) is 44.2 Å². The summed E-state index contributed by atoms with van der Waals surface area (Å²) in [4.78, 5) is 0. The molecule has 2 aliphatic rings. The van der Waals surface area contributed by atoms with E-state index in [0.717, 1.165) is 6.61 Å². The standard InChI is InChI=1S/C9H17NO/c1-2-6-10-8(4-1)9-5-3-7-11-9/h8-10H,1-7H2. The lowest BCUT2D eigenvalue weighted by Crippen LogP contribution is -2.42. The summed E-state index contributed by atoms with van der Waals surface area (Å²) < 4.78 is 5.63. The summed E-state index contributed by atoms with van der Waals surface area (Å²) in [6.45, 7) is 2.19. The molecule has 0 amide bonds. The summed E-state index contributed by atoms with van der Waals surface area (Å²) in [5.74, 6) is 0. The van der Waals surface area contributed by atoms with Gasteiger partial charge in [-0.25, -0.2) is 0 Å². The molecule has 0 aromatic heterocycles. The van der Waals surface area contributed by atoms with E-state index in [1.165, 1.54) is 38.6 Å². The minimum atomic E-state index is 0.537. The molecular formula is C9H17NO. The Bertz CT molecular complexity index is 115. The lowest BCUT2D eigenvalue weighted by Gasteiger charge is -2.27. The Morgan fingerprint density at radius 2 is 2.09 bits per heavy atom. The SMILES string of the molecule is C1CCC(C2CCCO2)NC1. The third kappa shape index (κ3) is 1.74. The van der Waals surface area contributed by atoms with Gasteiger partial charge in [-0.1, -0.05) is 6.42 Å². The molecule has 2 heterocycles. The fourth-order valence-corrected chi connectivity index (χ4v) is 2.12. The highest BCUT2D eigenvalue weighted by atomic mass is 16.5. The molecule has 64 valence electrons. The number of hydrogen-bond donors (Lipinski definition) is 1. The van der Waals surface area contributed by atoms with Crippen molar-refractivity contribution in [3.63, 3.8) is 0 Å². The minimum Gasteiger partial charge on any atom is -0.377 e. The van der Waals surface area contributed by atoms with Crippen molar-refractivity contribution in [2.24, 2.45) is 0 Å². The van der Waals surface area contributed by atoms with Crippen LogP contribution in [0.25, 0.3) is 0 Å². The zero-order chi connectivity index (χ0) is 7.52. The first-order valence-corrected chi connectivity index (χ1v) is 4.82. The van der Waals surface area contributed by atoms with Crippen LogP contribution in [-0.2, 0) is 4.74 Å². The maximum absolute atomic E-state index is 5.63. The van der Waals surface area contributed by atoms with Crippen molar-refractivity contribution in [2.75, 3.05) is 13.2 Å². The Morgan fingerprint density at radius 3 is 2.73 bits per heavy atom. The maximum atomic E-state index is 5.63. The predicted molar refractivity (Wildman–Crippen MR) is 44.6 cm³/mol. The second-order valence-electron chi connectivity index (χ2n) is 3.61. The van der Waals surface area contributed by atoms with E-state index in [-0.39, 0.29) is 0 Å². The van der Waals surface area contributed by atoms with Crippen LogP contribution in [0.3, 0.4) is 0 Å². The molecule has 0 saturated carbocycles. The first-order valence-electron chi connectivity index (χ1n) is 4.82. The third-order valence-electron chi connectivity index (χ3n) is 2.76. The quantitative estimate of drug-likeness (QED) is 0.616.